The number of halogens is 1. The van der Waals surface area contributed by atoms with Gasteiger partial charge in [-0.3, -0.25) is 9.67 Å². The van der Waals surface area contributed by atoms with Gasteiger partial charge in [0.05, 0.1) is 24.5 Å². The summed E-state index contributed by atoms with van der Waals surface area (Å²) in [6.45, 7) is 5.56. The van der Waals surface area contributed by atoms with Crippen molar-refractivity contribution in [3.8, 4) is 0 Å². The molecule has 8 heteroatoms. The van der Waals surface area contributed by atoms with E-state index in [4.69, 9.17) is 4.52 Å². The number of hydrogen-bond acceptors (Lipinski definition) is 4. The predicted molar refractivity (Wildman–Crippen MR) is 105 cm³/mol. The first-order valence-corrected chi connectivity index (χ1v) is 8.04. The van der Waals surface area contributed by atoms with Crippen molar-refractivity contribution in [2.45, 2.75) is 45.7 Å². The average molecular weight is 446 g/mol. The van der Waals surface area contributed by atoms with Gasteiger partial charge in [-0.1, -0.05) is 19.0 Å². The van der Waals surface area contributed by atoms with Crippen LogP contribution < -0.4 is 10.6 Å². The maximum Gasteiger partial charge on any atom is 0.191 e. The van der Waals surface area contributed by atoms with Gasteiger partial charge in [-0.25, -0.2) is 0 Å². The molecule has 0 atom stereocenters. The Hall–Kier alpha value is -1.58. The fourth-order valence-corrected chi connectivity index (χ4v) is 2.45. The lowest BCUT2D eigenvalue weighted by molar-refractivity contribution is 0.368. The first-order valence-electron chi connectivity index (χ1n) is 8.04. The van der Waals surface area contributed by atoms with Gasteiger partial charge in [-0.05, 0) is 18.9 Å². The number of aryl methyl sites for hydroxylation is 1. The summed E-state index contributed by atoms with van der Waals surface area (Å²) < 4.78 is 7.24. The third kappa shape index (κ3) is 5.50. The number of rotatable bonds is 7. The molecule has 2 aromatic rings. The standard InChI is InChI=1S/C16H26N6O.HI/c1-5-12(6-2)15-9-14(23-21-15)11-19-16(17-3)18-10-13-7-8-20-22(13)4;/h7-9,12H,5-6,10-11H2,1-4H3,(H2,17,18,19);1H. The molecule has 2 rings (SSSR count). The fraction of sp³-hybridized carbons (Fsp3) is 0.562. The van der Waals surface area contributed by atoms with Crippen molar-refractivity contribution >= 4 is 29.9 Å². The third-order valence-electron chi connectivity index (χ3n) is 3.99. The molecule has 0 amide bonds. The van der Waals surface area contributed by atoms with Gasteiger partial charge in [0.25, 0.3) is 0 Å². The van der Waals surface area contributed by atoms with E-state index < -0.39 is 0 Å². The number of guanidine groups is 1. The molecular weight excluding hydrogens is 419 g/mol. The summed E-state index contributed by atoms with van der Waals surface area (Å²) in [5.41, 5.74) is 2.12. The molecule has 0 aliphatic rings. The van der Waals surface area contributed by atoms with E-state index in [9.17, 15) is 0 Å². The minimum atomic E-state index is 0. The molecule has 7 nitrogen and oxygen atoms in total. The molecule has 24 heavy (non-hydrogen) atoms. The maximum absolute atomic E-state index is 5.40. The Kier molecular flexibility index (Phi) is 8.80. The van der Waals surface area contributed by atoms with Crippen molar-refractivity contribution in [2.75, 3.05) is 7.05 Å². The summed E-state index contributed by atoms with van der Waals surface area (Å²) in [6.07, 6.45) is 3.93. The molecule has 0 radical (unpaired) electrons. The summed E-state index contributed by atoms with van der Waals surface area (Å²) in [7, 11) is 3.66. The van der Waals surface area contributed by atoms with Crippen molar-refractivity contribution in [1.82, 2.24) is 25.6 Å². The van der Waals surface area contributed by atoms with Crippen LogP contribution in [-0.2, 0) is 20.1 Å². The Morgan fingerprint density at radius 3 is 2.58 bits per heavy atom. The van der Waals surface area contributed by atoms with E-state index in [1.807, 2.05) is 23.9 Å². The lowest BCUT2D eigenvalue weighted by Gasteiger charge is -2.10. The topological polar surface area (TPSA) is 80.3 Å². The van der Waals surface area contributed by atoms with Crippen LogP contribution in [0.2, 0.25) is 0 Å². The van der Waals surface area contributed by atoms with E-state index in [1.54, 1.807) is 13.2 Å². The Morgan fingerprint density at radius 2 is 2.00 bits per heavy atom. The van der Waals surface area contributed by atoms with Crippen LogP contribution in [0.25, 0.3) is 0 Å². The van der Waals surface area contributed by atoms with E-state index in [0.29, 0.717) is 25.0 Å². The van der Waals surface area contributed by atoms with Crippen molar-refractivity contribution in [2.24, 2.45) is 12.0 Å². The third-order valence-corrected chi connectivity index (χ3v) is 3.99. The van der Waals surface area contributed by atoms with E-state index in [-0.39, 0.29) is 24.0 Å². The number of aliphatic imine (C=N–C) groups is 1. The average Bonchev–Trinajstić information content (AvgIpc) is 3.18. The Labute approximate surface area is 160 Å². The molecule has 0 fully saturated rings. The van der Waals surface area contributed by atoms with Crippen LogP contribution in [0.1, 0.15) is 49.8 Å². The maximum atomic E-state index is 5.40. The summed E-state index contributed by atoms with van der Waals surface area (Å²) >= 11 is 0. The van der Waals surface area contributed by atoms with Crippen LogP contribution in [0.15, 0.2) is 27.8 Å². The largest absolute Gasteiger partial charge is 0.359 e. The van der Waals surface area contributed by atoms with E-state index in [2.05, 4.69) is 39.7 Å². The Morgan fingerprint density at radius 1 is 1.29 bits per heavy atom. The molecule has 0 bridgehead atoms. The molecule has 2 heterocycles. The normalized spacial score (nSPS) is 11.5. The zero-order valence-electron chi connectivity index (χ0n) is 14.7. The summed E-state index contributed by atoms with van der Waals surface area (Å²) in [5, 5.41) is 14.8. The summed E-state index contributed by atoms with van der Waals surface area (Å²) in [4.78, 5) is 4.21. The molecule has 0 aliphatic carbocycles. The highest BCUT2D eigenvalue weighted by Gasteiger charge is 2.13. The van der Waals surface area contributed by atoms with Gasteiger partial charge in [0.15, 0.2) is 11.7 Å². The molecule has 2 aromatic heterocycles. The second kappa shape index (κ2) is 10.3. The van der Waals surface area contributed by atoms with Crippen molar-refractivity contribution in [3.63, 3.8) is 0 Å². The molecule has 2 N–H and O–H groups in total. The molecular formula is C16H27IN6O. The highest BCUT2D eigenvalue weighted by Crippen LogP contribution is 2.22. The van der Waals surface area contributed by atoms with Gasteiger partial charge in [-0.15, -0.1) is 24.0 Å². The van der Waals surface area contributed by atoms with Crippen LogP contribution in [-0.4, -0.2) is 27.9 Å². The molecule has 0 unspecified atom stereocenters. The second-order valence-corrected chi connectivity index (χ2v) is 5.46. The lowest BCUT2D eigenvalue weighted by atomic mass is 9.99. The van der Waals surface area contributed by atoms with Gasteiger partial charge in [0.2, 0.25) is 0 Å². The quantitative estimate of drug-likeness (QED) is 0.389. The number of hydrogen-bond donors (Lipinski definition) is 2. The van der Waals surface area contributed by atoms with Gasteiger partial charge >= 0.3 is 0 Å². The highest BCUT2D eigenvalue weighted by atomic mass is 127. The lowest BCUT2D eigenvalue weighted by Crippen LogP contribution is -2.36. The number of nitrogens with zero attached hydrogens (tertiary/aromatic N) is 4. The Balaban J connectivity index is 0.00000288. The monoisotopic (exact) mass is 446 g/mol. The van der Waals surface area contributed by atoms with Crippen LogP contribution in [0.3, 0.4) is 0 Å². The minimum absolute atomic E-state index is 0. The minimum Gasteiger partial charge on any atom is -0.359 e. The van der Waals surface area contributed by atoms with Crippen molar-refractivity contribution in [3.05, 3.63) is 35.5 Å². The van der Waals surface area contributed by atoms with E-state index in [1.165, 1.54) is 0 Å². The van der Waals surface area contributed by atoms with Crippen LogP contribution in [0, 0.1) is 0 Å². The van der Waals surface area contributed by atoms with Gasteiger partial charge in [0, 0.05) is 32.3 Å². The van der Waals surface area contributed by atoms with Crippen molar-refractivity contribution in [1.29, 1.82) is 0 Å². The number of aromatic nitrogens is 3. The van der Waals surface area contributed by atoms with Crippen LogP contribution in [0.5, 0.6) is 0 Å². The molecule has 0 saturated heterocycles. The fourth-order valence-electron chi connectivity index (χ4n) is 2.45. The first kappa shape index (κ1) is 20.5. The SMILES string of the molecule is CCC(CC)c1cc(CNC(=NC)NCc2ccnn2C)on1.I. The Bertz CT molecular complexity index is 632. The zero-order valence-corrected chi connectivity index (χ0v) is 17.1. The summed E-state index contributed by atoms with van der Waals surface area (Å²) in [6, 6.07) is 4.00. The van der Waals surface area contributed by atoms with Crippen LogP contribution in [0.4, 0.5) is 0 Å². The first-order chi connectivity index (χ1) is 11.2. The van der Waals surface area contributed by atoms with Gasteiger partial charge in [-0.2, -0.15) is 5.10 Å². The van der Waals surface area contributed by atoms with E-state index >= 15 is 0 Å². The van der Waals surface area contributed by atoms with Crippen molar-refractivity contribution < 1.29 is 4.52 Å². The van der Waals surface area contributed by atoms with Gasteiger partial charge in [0.1, 0.15) is 0 Å². The van der Waals surface area contributed by atoms with E-state index in [0.717, 1.165) is 30.0 Å². The molecule has 0 spiro atoms. The van der Waals surface area contributed by atoms with Crippen LogP contribution >= 0.6 is 24.0 Å². The second-order valence-electron chi connectivity index (χ2n) is 5.46. The molecule has 0 aromatic carbocycles. The van der Waals surface area contributed by atoms with Gasteiger partial charge < -0.3 is 15.2 Å². The number of nitrogens with one attached hydrogen (secondary N) is 2. The highest BCUT2D eigenvalue weighted by molar-refractivity contribution is 14.0. The predicted octanol–water partition coefficient (Wildman–Crippen LogP) is 2.79. The molecule has 0 saturated carbocycles. The molecule has 0 aliphatic heterocycles. The summed E-state index contributed by atoms with van der Waals surface area (Å²) in [5.74, 6) is 2.00. The smallest absolute Gasteiger partial charge is 0.191 e. The molecule has 134 valence electrons. The zero-order chi connectivity index (χ0) is 16.7.